The van der Waals surface area contributed by atoms with Gasteiger partial charge in [0.05, 0.1) is 10.9 Å². The maximum atomic E-state index is 12.3. The Bertz CT molecular complexity index is 696. The van der Waals surface area contributed by atoms with Crippen LogP contribution in [-0.4, -0.2) is 22.1 Å². The van der Waals surface area contributed by atoms with Crippen molar-refractivity contribution in [1.29, 1.82) is 0 Å². The van der Waals surface area contributed by atoms with Gasteiger partial charge < -0.3 is 10.3 Å². The van der Waals surface area contributed by atoms with E-state index in [9.17, 15) is 9.59 Å². The summed E-state index contributed by atoms with van der Waals surface area (Å²) in [5.41, 5.74) is 0.0770. The van der Waals surface area contributed by atoms with E-state index < -0.39 is 0 Å². The predicted octanol–water partition coefficient (Wildman–Crippen LogP) is 0.832. The number of fused-ring (bicyclic) bond motifs is 1. The molecule has 2 aromatic rings. The molecule has 1 aromatic carbocycles. The zero-order chi connectivity index (χ0) is 13.2. The third kappa shape index (κ3) is 2.33. The van der Waals surface area contributed by atoms with Crippen LogP contribution in [0.15, 0.2) is 33.9 Å². The van der Waals surface area contributed by atoms with E-state index in [4.69, 9.17) is 0 Å². The first-order valence-electron chi connectivity index (χ1n) is 6.71. The number of aromatic amines is 1. The fourth-order valence-corrected chi connectivity index (χ4v) is 2.66. The molecule has 3 rings (SSSR count). The molecule has 0 saturated carbocycles. The number of nitrogens with zero attached hydrogens (tertiary/aromatic N) is 1. The Morgan fingerprint density at radius 3 is 2.84 bits per heavy atom. The third-order valence-electron chi connectivity index (χ3n) is 3.70. The summed E-state index contributed by atoms with van der Waals surface area (Å²) >= 11 is 0. The number of aromatic nitrogens is 2. The number of hydrogen-bond donors (Lipinski definition) is 2. The van der Waals surface area contributed by atoms with Gasteiger partial charge in [-0.2, -0.15) is 0 Å². The van der Waals surface area contributed by atoms with Crippen LogP contribution in [0, 0.1) is 0 Å². The Morgan fingerprint density at radius 2 is 2.05 bits per heavy atom. The first-order chi connectivity index (χ1) is 9.25. The molecule has 1 fully saturated rings. The van der Waals surface area contributed by atoms with Crippen LogP contribution in [-0.2, 0) is 6.54 Å². The van der Waals surface area contributed by atoms with Gasteiger partial charge in [-0.15, -0.1) is 0 Å². The van der Waals surface area contributed by atoms with Crippen molar-refractivity contribution < 1.29 is 0 Å². The standard InChI is InChI=1S/C14H17N3O2/c18-13-11-6-1-2-7-12(11)16-14(19)17(13)9-10-5-3-4-8-15-10/h1-2,6-7,10,15H,3-5,8-9H2,(H,16,19). The number of hydrogen-bond acceptors (Lipinski definition) is 3. The van der Waals surface area contributed by atoms with Crippen LogP contribution >= 0.6 is 0 Å². The number of rotatable bonds is 2. The van der Waals surface area contributed by atoms with Crippen LogP contribution in [0.4, 0.5) is 0 Å². The lowest BCUT2D eigenvalue weighted by atomic mass is 10.1. The fourth-order valence-electron chi connectivity index (χ4n) is 2.66. The highest BCUT2D eigenvalue weighted by molar-refractivity contribution is 5.76. The average Bonchev–Trinajstić information content (AvgIpc) is 2.45. The van der Waals surface area contributed by atoms with Gasteiger partial charge in [0.2, 0.25) is 0 Å². The minimum Gasteiger partial charge on any atom is -0.312 e. The average molecular weight is 259 g/mol. The van der Waals surface area contributed by atoms with E-state index in [1.54, 1.807) is 12.1 Å². The number of benzene rings is 1. The second-order valence-corrected chi connectivity index (χ2v) is 5.04. The van der Waals surface area contributed by atoms with Crippen molar-refractivity contribution in [3.8, 4) is 0 Å². The highest BCUT2D eigenvalue weighted by atomic mass is 16.2. The molecule has 1 saturated heterocycles. The summed E-state index contributed by atoms with van der Waals surface area (Å²) in [5.74, 6) is 0. The van der Waals surface area contributed by atoms with Gasteiger partial charge in [0, 0.05) is 12.6 Å². The largest absolute Gasteiger partial charge is 0.328 e. The monoisotopic (exact) mass is 259 g/mol. The molecule has 1 aliphatic heterocycles. The van der Waals surface area contributed by atoms with Gasteiger partial charge in [0.15, 0.2) is 0 Å². The molecule has 0 aliphatic carbocycles. The van der Waals surface area contributed by atoms with Crippen molar-refractivity contribution in [2.75, 3.05) is 6.54 Å². The van der Waals surface area contributed by atoms with Gasteiger partial charge >= 0.3 is 5.69 Å². The Morgan fingerprint density at radius 1 is 1.21 bits per heavy atom. The lowest BCUT2D eigenvalue weighted by Gasteiger charge is -2.23. The first-order valence-corrected chi connectivity index (χ1v) is 6.71. The van der Waals surface area contributed by atoms with Gasteiger partial charge in [-0.05, 0) is 31.5 Å². The summed E-state index contributed by atoms with van der Waals surface area (Å²) in [5, 5.41) is 3.93. The summed E-state index contributed by atoms with van der Waals surface area (Å²) in [6.45, 7) is 1.41. The molecule has 1 atom stereocenters. The fraction of sp³-hybridized carbons (Fsp3) is 0.429. The molecule has 0 amide bonds. The summed E-state index contributed by atoms with van der Waals surface area (Å²) in [7, 11) is 0. The molecule has 2 heterocycles. The van der Waals surface area contributed by atoms with Crippen molar-refractivity contribution in [2.24, 2.45) is 0 Å². The molecular formula is C14H17N3O2. The van der Waals surface area contributed by atoms with Gasteiger partial charge in [-0.1, -0.05) is 18.6 Å². The van der Waals surface area contributed by atoms with Crippen molar-refractivity contribution >= 4 is 10.9 Å². The summed E-state index contributed by atoms with van der Waals surface area (Å²) in [6, 6.07) is 7.34. The molecule has 1 aliphatic rings. The summed E-state index contributed by atoms with van der Waals surface area (Å²) in [4.78, 5) is 27.1. The van der Waals surface area contributed by atoms with E-state index in [2.05, 4.69) is 10.3 Å². The maximum absolute atomic E-state index is 12.3. The quantitative estimate of drug-likeness (QED) is 0.839. The van der Waals surface area contributed by atoms with Gasteiger partial charge in [-0.3, -0.25) is 9.36 Å². The van der Waals surface area contributed by atoms with Crippen LogP contribution < -0.4 is 16.6 Å². The molecular weight excluding hydrogens is 242 g/mol. The minimum atomic E-state index is -0.323. The van der Waals surface area contributed by atoms with Crippen molar-refractivity contribution in [1.82, 2.24) is 14.9 Å². The maximum Gasteiger partial charge on any atom is 0.328 e. The predicted molar refractivity (Wildman–Crippen MR) is 74.5 cm³/mol. The molecule has 5 nitrogen and oxygen atoms in total. The van der Waals surface area contributed by atoms with E-state index in [1.165, 1.54) is 11.0 Å². The molecule has 1 aromatic heterocycles. The lowest BCUT2D eigenvalue weighted by Crippen LogP contribution is -2.44. The van der Waals surface area contributed by atoms with Crippen molar-refractivity contribution in [2.45, 2.75) is 31.8 Å². The Kier molecular flexibility index (Phi) is 3.21. The molecule has 2 N–H and O–H groups in total. The number of piperidine rings is 1. The van der Waals surface area contributed by atoms with Crippen molar-refractivity contribution in [3.63, 3.8) is 0 Å². The highest BCUT2D eigenvalue weighted by Crippen LogP contribution is 2.08. The van der Waals surface area contributed by atoms with Crippen LogP contribution in [0.2, 0.25) is 0 Å². The van der Waals surface area contributed by atoms with Crippen LogP contribution in [0.25, 0.3) is 10.9 Å². The van der Waals surface area contributed by atoms with E-state index in [0.29, 0.717) is 17.4 Å². The summed E-state index contributed by atoms with van der Waals surface area (Å²) in [6.07, 6.45) is 3.33. The van der Waals surface area contributed by atoms with Crippen LogP contribution in [0.5, 0.6) is 0 Å². The molecule has 100 valence electrons. The Balaban J connectivity index is 2.03. The minimum absolute atomic E-state index is 0.202. The topological polar surface area (TPSA) is 66.9 Å². The van der Waals surface area contributed by atoms with E-state index in [1.807, 2.05) is 12.1 Å². The Hall–Kier alpha value is -1.88. The molecule has 19 heavy (non-hydrogen) atoms. The third-order valence-corrected chi connectivity index (χ3v) is 3.70. The van der Waals surface area contributed by atoms with E-state index in [-0.39, 0.29) is 17.3 Å². The molecule has 0 spiro atoms. The molecule has 1 unspecified atom stereocenters. The molecule has 0 bridgehead atoms. The van der Waals surface area contributed by atoms with Gasteiger partial charge in [-0.25, -0.2) is 4.79 Å². The van der Waals surface area contributed by atoms with Crippen LogP contribution in [0.1, 0.15) is 19.3 Å². The number of para-hydroxylation sites is 1. The number of H-pyrrole nitrogens is 1. The lowest BCUT2D eigenvalue weighted by molar-refractivity contribution is 0.355. The smallest absolute Gasteiger partial charge is 0.312 e. The van der Waals surface area contributed by atoms with E-state index >= 15 is 0 Å². The second-order valence-electron chi connectivity index (χ2n) is 5.04. The second kappa shape index (κ2) is 5.01. The van der Waals surface area contributed by atoms with E-state index in [0.717, 1.165) is 19.4 Å². The number of nitrogens with one attached hydrogen (secondary N) is 2. The van der Waals surface area contributed by atoms with Crippen LogP contribution in [0.3, 0.4) is 0 Å². The molecule has 5 heteroatoms. The van der Waals surface area contributed by atoms with Gasteiger partial charge in [0.1, 0.15) is 0 Å². The van der Waals surface area contributed by atoms with Gasteiger partial charge in [0.25, 0.3) is 5.56 Å². The zero-order valence-electron chi connectivity index (χ0n) is 10.7. The summed E-state index contributed by atoms with van der Waals surface area (Å²) < 4.78 is 1.31. The first kappa shape index (κ1) is 12.2. The highest BCUT2D eigenvalue weighted by Gasteiger charge is 2.16. The zero-order valence-corrected chi connectivity index (χ0v) is 10.7. The SMILES string of the molecule is O=c1[nH]c2ccccc2c(=O)n1CC1CCCCN1. The Labute approximate surface area is 110 Å². The molecule has 0 radical (unpaired) electrons. The normalized spacial score (nSPS) is 19.7. The van der Waals surface area contributed by atoms with Crippen molar-refractivity contribution in [3.05, 3.63) is 45.1 Å².